The van der Waals surface area contributed by atoms with Crippen LogP contribution < -0.4 is 5.32 Å². The Balaban J connectivity index is 1.74. The second kappa shape index (κ2) is 7.25. The first kappa shape index (κ1) is 16.8. The molecule has 2 aromatic heterocycles. The van der Waals surface area contributed by atoms with Crippen LogP contribution >= 0.6 is 23.1 Å². The number of pyridine rings is 1. The van der Waals surface area contributed by atoms with Gasteiger partial charge in [-0.15, -0.1) is 10.2 Å². The highest BCUT2D eigenvalue weighted by Crippen LogP contribution is 2.33. The Labute approximate surface area is 150 Å². The summed E-state index contributed by atoms with van der Waals surface area (Å²) in [7, 11) is 0. The Morgan fingerprint density at radius 2 is 2.00 bits per heavy atom. The monoisotopic (exact) mass is 370 g/mol. The van der Waals surface area contributed by atoms with Gasteiger partial charge in [0, 0.05) is 11.8 Å². The molecule has 0 aliphatic heterocycles. The number of nitriles is 1. The van der Waals surface area contributed by atoms with Crippen LogP contribution in [0.4, 0.5) is 16.5 Å². The molecule has 0 radical (unpaired) electrons. The van der Waals surface area contributed by atoms with E-state index in [0.29, 0.717) is 14.5 Å². The van der Waals surface area contributed by atoms with Crippen LogP contribution in [0, 0.1) is 28.4 Å². The normalized spacial score (nSPS) is 10.2. The van der Waals surface area contributed by atoms with E-state index in [1.54, 1.807) is 6.07 Å². The van der Waals surface area contributed by atoms with Crippen molar-refractivity contribution >= 4 is 39.6 Å². The zero-order chi connectivity index (χ0) is 17.8. The fourth-order valence-electron chi connectivity index (χ4n) is 1.87. The number of hydrogen-bond acceptors (Lipinski definition) is 9. The van der Waals surface area contributed by atoms with Crippen LogP contribution in [0.25, 0.3) is 0 Å². The average Bonchev–Trinajstić information content (AvgIpc) is 3.03. The summed E-state index contributed by atoms with van der Waals surface area (Å²) in [6, 6.07) is 12.4. The summed E-state index contributed by atoms with van der Waals surface area (Å²) in [5.74, 6) is 0. The number of benzene rings is 1. The summed E-state index contributed by atoms with van der Waals surface area (Å²) in [5.41, 5.74) is 1.53. The number of anilines is 2. The van der Waals surface area contributed by atoms with E-state index in [4.69, 9.17) is 5.26 Å². The molecule has 0 aliphatic rings. The molecule has 2 heterocycles. The van der Waals surface area contributed by atoms with Crippen molar-refractivity contribution in [2.45, 2.75) is 16.3 Å². The van der Waals surface area contributed by atoms with Crippen molar-refractivity contribution in [1.82, 2.24) is 15.2 Å². The topological polar surface area (TPSA) is 118 Å². The van der Waals surface area contributed by atoms with Gasteiger partial charge >= 0.3 is 5.69 Å². The number of aryl methyl sites for hydroxylation is 1. The third-order valence-electron chi connectivity index (χ3n) is 3.05. The van der Waals surface area contributed by atoms with Crippen molar-refractivity contribution in [2.24, 2.45) is 0 Å². The standard InChI is InChI=1S/C15H10N6O2S2/c1-9-2-4-10(5-3-9)17-14-19-20-15(25-14)24-13-7-6-12(21(22)23)11(8-16)18-13/h2-7H,1H3,(H,17,19). The highest BCUT2D eigenvalue weighted by atomic mass is 32.2. The zero-order valence-electron chi connectivity index (χ0n) is 12.8. The molecular weight excluding hydrogens is 360 g/mol. The number of hydrogen-bond donors (Lipinski definition) is 1. The number of nitrogens with one attached hydrogen (secondary N) is 1. The molecule has 1 N–H and O–H groups in total. The minimum atomic E-state index is -0.630. The second-order valence-corrected chi connectivity index (χ2v) is 7.10. The van der Waals surface area contributed by atoms with E-state index in [1.807, 2.05) is 31.2 Å². The molecule has 0 saturated heterocycles. The summed E-state index contributed by atoms with van der Waals surface area (Å²) in [6.45, 7) is 2.01. The average molecular weight is 370 g/mol. The van der Waals surface area contributed by atoms with Crippen molar-refractivity contribution in [3.63, 3.8) is 0 Å². The summed E-state index contributed by atoms with van der Waals surface area (Å²) in [6.07, 6.45) is 0. The Bertz CT molecular complexity index is 965. The highest BCUT2D eigenvalue weighted by molar-refractivity contribution is 8.01. The van der Waals surface area contributed by atoms with Gasteiger partial charge in [-0.25, -0.2) is 4.98 Å². The lowest BCUT2D eigenvalue weighted by Gasteiger charge is -2.01. The first-order valence-electron chi connectivity index (χ1n) is 6.96. The quantitative estimate of drug-likeness (QED) is 0.530. The molecule has 0 aliphatic carbocycles. The van der Waals surface area contributed by atoms with E-state index in [9.17, 15) is 10.1 Å². The molecule has 0 fully saturated rings. The van der Waals surface area contributed by atoms with E-state index in [1.165, 1.54) is 35.2 Å². The van der Waals surface area contributed by atoms with E-state index < -0.39 is 4.92 Å². The van der Waals surface area contributed by atoms with Gasteiger partial charge in [0.1, 0.15) is 11.1 Å². The van der Waals surface area contributed by atoms with Crippen LogP contribution in [0.1, 0.15) is 11.3 Å². The maximum absolute atomic E-state index is 10.8. The van der Waals surface area contributed by atoms with E-state index in [-0.39, 0.29) is 11.4 Å². The highest BCUT2D eigenvalue weighted by Gasteiger charge is 2.17. The molecule has 0 amide bonds. The molecule has 25 heavy (non-hydrogen) atoms. The third-order valence-corrected chi connectivity index (χ3v) is 4.88. The van der Waals surface area contributed by atoms with E-state index in [0.717, 1.165) is 11.3 Å². The first-order valence-corrected chi connectivity index (χ1v) is 8.59. The number of nitrogens with zero attached hydrogens (tertiary/aromatic N) is 5. The van der Waals surface area contributed by atoms with Crippen molar-refractivity contribution < 1.29 is 4.92 Å². The maximum atomic E-state index is 10.8. The van der Waals surface area contributed by atoms with E-state index >= 15 is 0 Å². The number of aromatic nitrogens is 3. The van der Waals surface area contributed by atoms with Crippen LogP contribution in [-0.4, -0.2) is 20.1 Å². The van der Waals surface area contributed by atoms with Crippen LogP contribution in [0.5, 0.6) is 0 Å². The Hall–Kier alpha value is -3.03. The Morgan fingerprint density at radius 1 is 1.24 bits per heavy atom. The molecule has 0 saturated carbocycles. The molecule has 0 spiro atoms. The minimum Gasteiger partial charge on any atom is -0.330 e. The first-order chi connectivity index (χ1) is 12.0. The molecule has 10 heteroatoms. The summed E-state index contributed by atoms with van der Waals surface area (Å²) < 4.78 is 0.611. The largest absolute Gasteiger partial charge is 0.330 e. The lowest BCUT2D eigenvalue weighted by Crippen LogP contribution is -1.95. The molecule has 0 unspecified atom stereocenters. The van der Waals surface area contributed by atoms with Crippen LogP contribution in [0.2, 0.25) is 0 Å². The van der Waals surface area contributed by atoms with Crippen molar-refractivity contribution in [3.8, 4) is 6.07 Å². The number of rotatable bonds is 5. The molecular formula is C15H10N6O2S2. The molecule has 124 valence electrons. The van der Waals surface area contributed by atoms with Crippen molar-refractivity contribution in [2.75, 3.05) is 5.32 Å². The molecule has 0 bridgehead atoms. The van der Waals surface area contributed by atoms with Crippen LogP contribution in [0.15, 0.2) is 45.8 Å². The summed E-state index contributed by atoms with van der Waals surface area (Å²) in [5, 5.41) is 32.1. The van der Waals surface area contributed by atoms with Gasteiger partial charge in [-0.2, -0.15) is 5.26 Å². The molecule has 3 rings (SSSR count). The summed E-state index contributed by atoms with van der Waals surface area (Å²) >= 11 is 2.52. The molecule has 3 aromatic rings. The summed E-state index contributed by atoms with van der Waals surface area (Å²) in [4.78, 5) is 14.2. The Morgan fingerprint density at radius 3 is 2.68 bits per heavy atom. The van der Waals surface area contributed by atoms with Gasteiger partial charge in [-0.1, -0.05) is 29.0 Å². The lowest BCUT2D eigenvalue weighted by atomic mass is 10.2. The SMILES string of the molecule is Cc1ccc(Nc2nnc(Sc3ccc([N+](=O)[O-])c(C#N)n3)s2)cc1. The molecule has 0 atom stereocenters. The zero-order valence-corrected chi connectivity index (χ0v) is 14.5. The molecule has 1 aromatic carbocycles. The van der Waals surface area contributed by atoms with Gasteiger partial charge in [0.2, 0.25) is 10.8 Å². The second-order valence-electron chi connectivity index (χ2n) is 4.85. The van der Waals surface area contributed by atoms with Gasteiger partial charge in [0.05, 0.1) is 4.92 Å². The molecule has 8 nitrogen and oxygen atoms in total. The van der Waals surface area contributed by atoms with Gasteiger partial charge < -0.3 is 5.32 Å². The van der Waals surface area contributed by atoms with E-state index in [2.05, 4.69) is 20.5 Å². The minimum absolute atomic E-state index is 0.225. The van der Waals surface area contributed by atoms with Gasteiger partial charge in [-0.3, -0.25) is 10.1 Å². The Kier molecular flexibility index (Phi) is 4.87. The van der Waals surface area contributed by atoms with Crippen LogP contribution in [0.3, 0.4) is 0 Å². The fourth-order valence-corrected chi connectivity index (χ4v) is 3.56. The van der Waals surface area contributed by atoms with Crippen molar-refractivity contribution in [1.29, 1.82) is 5.26 Å². The van der Waals surface area contributed by atoms with Crippen LogP contribution in [-0.2, 0) is 0 Å². The predicted octanol–water partition coefficient (Wildman–Crippen LogP) is 3.92. The maximum Gasteiger partial charge on any atom is 0.305 e. The van der Waals surface area contributed by atoms with Gasteiger partial charge in [-0.05, 0) is 36.9 Å². The van der Waals surface area contributed by atoms with Gasteiger partial charge in [0.25, 0.3) is 0 Å². The fraction of sp³-hybridized carbons (Fsp3) is 0.0667. The smallest absolute Gasteiger partial charge is 0.305 e. The number of nitro groups is 1. The third kappa shape index (κ3) is 4.09. The predicted molar refractivity (Wildman–Crippen MR) is 94.1 cm³/mol. The van der Waals surface area contributed by atoms with Crippen molar-refractivity contribution in [3.05, 3.63) is 57.8 Å². The lowest BCUT2D eigenvalue weighted by molar-refractivity contribution is -0.385. The van der Waals surface area contributed by atoms with Gasteiger partial charge in [0.15, 0.2) is 4.34 Å².